The third kappa shape index (κ3) is 3.50. The summed E-state index contributed by atoms with van der Waals surface area (Å²) in [5.74, 6) is 1.00. The third-order valence-corrected chi connectivity index (χ3v) is 4.97. The molecule has 106 valence electrons. The molecule has 1 saturated carbocycles. The fourth-order valence-corrected chi connectivity index (χ4v) is 3.68. The van der Waals surface area contributed by atoms with Crippen LogP contribution in [0.4, 0.5) is 10.7 Å². The average molecular weight is 280 g/mol. The number of carbonyl (C=O) groups excluding carboxylic acids is 1. The molecule has 1 aliphatic rings. The maximum absolute atomic E-state index is 12.0. The Morgan fingerprint density at radius 1 is 1.37 bits per heavy atom. The minimum Gasteiger partial charge on any atom is -0.397 e. The van der Waals surface area contributed by atoms with Crippen LogP contribution in [0, 0.1) is 11.8 Å². The largest absolute Gasteiger partial charge is 0.397 e. The summed E-state index contributed by atoms with van der Waals surface area (Å²) in [4.78, 5) is 12.7. The van der Waals surface area contributed by atoms with Crippen LogP contribution in [-0.2, 0) is 0 Å². The van der Waals surface area contributed by atoms with Gasteiger partial charge >= 0.3 is 0 Å². The SMILES string of the molecule is CC1CCC(Nc2cc(N)c(C(=O)C(C)C)s2)CC1. The number of carbonyl (C=O) groups is 1. The van der Waals surface area contributed by atoms with Crippen molar-refractivity contribution in [2.45, 2.75) is 52.5 Å². The number of hydrogen-bond acceptors (Lipinski definition) is 4. The lowest BCUT2D eigenvalue weighted by atomic mass is 9.87. The van der Waals surface area contributed by atoms with Crippen LogP contribution >= 0.6 is 11.3 Å². The number of anilines is 2. The average Bonchev–Trinajstić information content (AvgIpc) is 2.72. The first-order valence-corrected chi connectivity index (χ1v) is 7.99. The normalized spacial score (nSPS) is 23.6. The van der Waals surface area contributed by atoms with Gasteiger partial charge in [0.2, 0.25) is 0 Å². The van der Waals surface area contributed by atoms with E-state index in [0.717, 1.165) is 10.9 Å². The van der Waals surface area contributed by atoms with Crippen molar-refractivity contribution in [3.8, 4) is 0 Å². The number of nitrogens with two attached hydrogens (primary N) is 1. The molecule has 0 bridgehead atoms. The standard InChI is InChI=1S/C15H24N2OS/c1-9(2)14(18)15-12(16)8-13(19-15)17-11-6-4-10(3)5-7-11/h8-11,17H,4-7,16H2,1-3H3. The second kappa shape index (κ2) is 5.95. The molecular weight excluding hydrogens is 256 g/mol. The molecule has 3 nitrogen and oxygen atoms in total. The molecule has 0 aliphatic heterocycles. The summed E-state index contributed by atoms with van der Waals surface area (Å²) in [6.45, 7) is 6.15. The van der Waals surface area contributed by atoms with Gasteiger partial charge in [0.05, 0.1) is 15.6 Å². The zero-order valence-corrected chi connectivity index (χ0v) is 12.8. The molecule has 0 atom stereocenters. The Labute approximate surface area is 119 Å². The van der Waals surface area contributed by atoms with Crippen LogP contribution in [0.5, 0.6) is 0 Å². The number of Topliss-reactive ketones (excluding diaryl/α,β-unsaturated/α-hetero) is 1. The number of ketones is 1. The maximum Gasteiger partial charge on any atom is 0.177 e. The van der Waals surface area contributed by atoms with Crippen LogP contribution in [-0.4, -0.2) is 11.8 Å². The summed E-state index contributed by atoms with van der Waals surface area (Å²) in [5, 5.41) is 4.59. The molecule has 1 aromatic heterocycles. The number of nitrogens with one attached hydrogen (secondary N) is 1. The highest BCUT2D eigenvalue weighted by molar-refractivity contribution is 7.18. The summed E-state index contributed by atoms with van der Waals surface area (Å²) >= 11 is 1.50. The van der Waals surface area contributed by atoms with E-state index in [1.54, 1.807) is 0 Å². The van der Waals surface area contributed by atoms with Crippen molar-refractivity contribution in [2.24, 2.45) is 11.8 Å². The van der Waals surface area contributed by atoms with E-state index in [9.17, 15) is 4.79 Å². The molecule has 3 N–H and O–H groups in total. The van der Waals surface area contributed by atoms with E-state index in [2.05, 4.69) is 12.2 Å². The number of rotatable bonds is 4. The fraction of sp³-hybridized carbons (Fsp3) is 0.667. The van der Waals surface area contributed by atoms with Gasteiger partial charge in [-0.2, -0.15) is 0 Å². The summed E-state index contributed by atoms with van der Waals surface area (Å²) in [5.41, 5.74) is 6.58. The van der Waals surface area contributed by atoms with E-state index < -0.39 is 0 Å². The molecule has 0 unspecified atom stereocenters. The molecule has 0 spiro atoms. The first kappa shape index (κ1) is 14.4. The zero-order chi connectivity index (χ0) is 14.0. The van der Waals surface area contributed by atoms with E-state index in [-0.39, 0.29) is 11.7 Å². The highest BCUT2D eigenvalue weighted by Crippen LogP contribution is 2.34. The Balaban J connectivity index is 2.02. The van der Waals surface area contributed by atoms with Gasteiger partial charge in [-0.15, -0.1) is 11.3 Å². The molecule has 1 fully saturated rings. The molecule has 1 aromatic rings. The molecule has 19 heavy (non-hydrogen) atoms. The minimum absolute atomic E-state index is 0.00401. The first-order chi connectivity index (χ1) is 8.97. The lowest BCUT2D eigenvalue weighted by Gasteiger charge is -2.27. The lowest BCUT2D eigenvalue weighted by Crippen LogP contribution is -2.24. The summed E-state index contributed by atoms with van der Waals surface area (Å²) < 4.78 is 0. The second-order valence-electron chi connectivity index (χ2n) is 6.02. The van der Waals surface area contributed by atoms with E-state index >= 15 is 0 Å². The highest BCUT2D eigenvalue weighted by atomic mass is 32.1. The predicted octanol–water partition coefficient (Wildman–Crippen LogP) is 4.16. The van der Waals surface area contributed by atoms with Gasteiger partial charge < -0.3 is 11.1 Å². The molecule has 4 heteroatoms. The van der Waals surface area contributed by atoms with Gasteiger partial charge in [0.1, 0.15) is 0 Å². The summed E-state index contributed by atoms with van der Waals surface area (Å²) in [7, 11) is 0. The van der Waals surface area contributed by atoms with Crippen molar-refractivity contribution < 1.29 is 4.79 Å². The number of hydrogen-bond donors (Lipinski definition) is 2. The predicted molar refractivity (Wildman–Crippen MR) is 82.9 cm³/mol. The maximum atomic E-state index is 12.0. The van der Waals surface area contributed by atoms with E-state index in [0.29, 0.717) is 16.6 Å². The number of nitrogen functional groups attached to an aromatic ring is 1. The molecule has 0 radical (unpaired) electrons. The molecule has 0 amide bonds. The zero-order valence-electron chi connectivity index (χ0n) is 12.0. The van der Waals surface area contributed by atoms with E-state index in [1.807, 2.05) is 19.9 Å². The Morgan fingerprint density at radius 2 is 2.00 bits per heavy atom. The van der Waals surface area contributed by atoms with Gasteiger partial charge in [-0.3, -0.25) is 4.79 Å². The van der Waals surface area contributed by atoms with Gasteiger partial charge in [-0.25, -0.2) is 0 Å². The van der Waals surface area contributed by atoms with Crippen molar-refractivity contribution in [3.63, 3.8) is 0 Å². The third-order valence-electron chi connectivity index (χ3n) is 3.87. The van der Waals surface area contributed by atoms with E-state index in [4.69, 9.17) is 5.73 Å². The fourth-order valence-electron chi connectivity index (χ4n) is 2.54. The van der Waals surface area contributed by atoms with Gasteiger partial charge in [-0.05, 0) is 37.7 Å². The Kier molecular flexibility index (Phi) is 4.50. The summed E-state index contributed by atoms with van der Waals surface area (Å²) in [6.07, 6.45) is 5.01. The topological polar surface area (TPSA) is 55.1 Å². The van der Waals surface area contributed by atoms with Gasteiger partial charge in [0.25, 0.3) is 0 Å². The Bertz CT molecular complexity index is 445. The van der Waals surface area contributed by atoms with Crippen molar-refractivity contribution in [2.75, 3.05) is 11.1 Å². The van der Waals surface area contributed by atoms with Gasteiger partial charge in [0.15, 0.2) is 5.78 Å². The van der Waals surface area contributed by atoms with Crippen molar-refractivity contribution in [3.05, 3.63) is 10.9 Å². The van der Waals surface area contributed by atoms with Gasteiger partial charge in [-0.1, -0.05) is 20.8 Å². The number of thiophene rings is 1. The quantitative estimate of drug-likeness (QED) is 0.814. The molecule has 2 rings (SSSR count). The van der Waals surface area contributed by atoms with Crippen LogP contribution < -0.4 is 11.1 Å². The molecule has 1 heterocycles. The van der Waals surface area contributed by atoms with Gasteiger partial charge in [0, 0.05) is 12.0 Å². The molecule has 0 saturated heterocycles. The molecular formula is C15H24N2OS. The summed E-state index contributed by atoms with van der Waals surface area (Å²) in [6, 6.07) is 2.45. The lowest BCUT2D eigenvalue weighted by molar-refractivity contribution is 0.0944. The van der Waals surface area contributed by atoms with Crippen molar-refractivity contribution in [1.82, 2.24) is 0 Å². The monoisotopic (exact) mass is 280 g/mol. The smallest absolute Gasteiger partial charge is 0.177 e. The molecule has 1 aliphatic carbocycles. The molecule has 0 aromatic carbocycles. The first-order valence-electron chi connectivity index (χ1n) is 7.17. The van der Waals surface area contributed by atoms with Crippen molar-refractivity contribution >= 4 is 27.8 Å². The van der Waals surface area contributed by atoms with Crippen LogP contribution in [0.1, 0.15) is 56.1 Å². The van der Waals surface area contributed by atoms with Crippen LogP contribution in [0.3, 0.4) is 0 Å². The van der Waals surface area contributed by atoms with Crippen molar-refractivity contribution in [1.29, 1.82) is 0 Å². The Hall–Kier alpha value is -1.03. The van der Waals surface area contributed by atoms with Crippen LogP contribution in [0.25, 0.3) is 0 Å². The van der Waals surface area contributed by atoms with Crippen LogP contribution in [0.15, 0.2) is 6.07 Å². The second-order valence-corrected chi connectivity index (χ2v) is 7.07. The van der Waals surface area contributed by atoms with E-state index in [1.165, 1.54) is 37.0 Å². The van der Waals surface area contributed by atoms with Crippen LogP contribution in [0.2, 0.25) is 0 Å². The minimum atomic E-state index is 0.00401. The Morgan fingerprint density at radius 3 is 2.58 bits per heavy atom. The highest BCUT2D eigenvalue weighted by Gasteiger charge is 2.21.